The van der Waals surface area contributed by atoms with Crippen LogP contribution in [-0.4, -0.2) is 17.8 Å². The van der Waals surface area contributed by atoms with Gasteiger partial charge in [0.05, 0.1) is 5.56 Å². The zero-order chi connectivity index (χ0) is 15.3. The van der Waals surface area contributed by atoms with Crippen molar-refractivity contribution in [2.24, 2.45) is 0 Å². The maximum Gasteiger partial charge on any atom is 0.416 e. The van der Waals surface area contributed by atoms with Gasteiger partial charge in [0.15, 0.2) is 0 Å². The van der Waals surface area contributed by atoms with Crippen molar-refractivity contribution in [3.05, 3.63) is 28.2 Å². The number of nitrogens with one attached hydrogen (secondary N) is 2. The highest BCUT2D eigenvalue weighted by Crippen LogP contribution is 2.33. The molecule has 1 aromatic carbocycles. The number of hydrogen-bond acceptors (Lipinski definition) is 2. The predicted octanol–water partition coefficient (Wildman–Crippen LogP) is 3.74. The number of anilines is 1. The number of amides is 3. The molecule has 20 heavy (non-hydrogen) atoms. The van der Waals surface area contributed by atoms with Crippen molar-refractivity contribution in [3.63, 3.8) is 0 Å². The third kappa shape index (κ3) is 5.38. The quantitative estimate of drug-likeness (QED) is 0.793. The average molecular weight is 374 g/mol. The van der Waals surface area contributed by atoms with Crippen LogP contribution in [0.5, 0.6) is 0 Å². The second-order valence-corrected chi connectivity index (χ2v) is 4.96. The molecule has 1 rings (SSSR count). The van der Waals surface area contributed by atoms with E-state index in [4.69, 9.17) is 11.6 Å². The summed E-state index contributed by atoms with van der Waals surface area (Å²) in [5.74, 6) is -0.586. The monoisotopic (exact) mass is 372 g/mol. The fourth-order valence-electron chi connectivity index (χ4n) is 1.26. The molecule has 0 spiro atoms. The fourth-order valence-corrected chi connectivity index (χ4v) is 1.93. The van der Waals surface area contributed by atoms with Crippen molar-refractivity contribution in [1.29, 1.82) is 0 Å². The molecule has 0 unspecified atom stereocenters. The number of urea groups is 1. The standard InChI is InChI=1S/C11H9BrClF3N2O2/c12-7-3-6(11(14,15)16)4-8(5-7)17-10(20)18-9(19)1-2-13/h3-5H,1-2H2,(H2,17,18,19,20). The first-order chi connectivity index (χ1) is 9.22. The van der Waals surface area contributed by atoms with Crippen LogP contribution >= 0.6 is 27.5 Å². The lowest BCUT2D eigenvalue weighted by atomic mass is 10.2. The van der Waals surface area contributed by atoms with Crippen LogP contribution in [0.25, 0.3) is 0 Å². The Hall–Kier alpha value is -1.28. The maximum absolute atomic E-state index is 12.6. The largest absolute Gasteiger partial charge is 0.416 e. The summed E-state index contributed by atoms with van der Waals surface area (Å²) in [4.78, 5) is 22.5. The number of carbonyl (C=O) groups is 2. The smallest absolute Gasteiger partial charge is 0.308 e. The fraction of sp³-hybridized carbons (Fsp3) is 0.273. The molecular formula is C11H9BrClF3N2O2. The van der Waals surface area contributed by atoms with Crippen molar-refractivity contribution >= 4 is 45.2 Å². The highest BCUT2D eigenvalue weighted by molar-refractivity contribution is 9.10. The third-order valence-electron chi connectivity index (χ3n) is 2.06. The van der Waals surface area contributed by atoms with E-state index in [1.165, 1.54) is 6.07 Å². The molecule has 4 nitrogen and oxygen atoms in total. The first kappa shape index (κ1) is 16.8. The van der Waals surface area contributed by atoms with Crippen molar-refractivity contribution < 1.29 is 22.8 Å². The van der Waals surface area contributed by atoms with Gasteiger partial charge in [-0.3, -0.25) is 10.1 Å². The average Bonchev–Trinajstić information content (AvgIpc) is 2.26. The van der Waals surface area contributed by atoms with E-state index in [2.05, 4.69) is 21.2 Å². The molecule has 0 aliphatic carbocycles. The molecule has 0 radical (unpaired) electrons. The number of carbonyl (C=O) groups excluding carboxylic acids is 2. The van der Waals surface area contributed by atoms with Crippen molar-refractivity contribution in [3.8, 4) is 0 Å². The molecule has 0 aromatic heterocycles. The summed E-state index contributed by atoms with van der Waals surface area (Å²) in [5.41, 5.74) is -1.02. The van der Waals surface area contributed by atoms with E-state index in [0.29, 0.717) is 0 Å². The van der Waals surface area contributed by atoms with Gasteiger partial charge in [-0.05, 0) is 18.2 Å². The molecule has 0 atom stereocenters. The number of halogens is 5. The van der Waals surface area contributed by atoms with Crippen LogP contribution in [0.15, 0.2) is 22.7 Å². The summed E-state index contributed by atoms with van der Waals surface area (Å²) in [6.45, 7) is 0. The van der Waals surface area contributed by atoms with E-state index in [9.17, 15) is 22.8 Å². The molecule has 1 aromatic rings. The molecular weight excluding hydrogens is 364 g/mol. The minimum Gasteiger partial charge on any atom is -0.308 e. The maximum atomic E-state index is 12.6. The lowest BCUT2D eigenvalue weighted by Gasteiger charge is -2.11. The van der Waals surface area contributed by atoms with E-state index in [0.717, 1.165) is 12.1 Å². The predicted molar refractivity (Wildman–Crippen MR) is 71.6 cm³/mol. The van der Waals surface area contributed by atoms with Crippen LogP contribution in [0.3, 0.4) is 0 Å². The van der Waals surface area contributed by atoms with Gasteiger partial charge in [0.2, 0.25) is 5.91 Å². The van der Waals surface area contributed by atoms with Crippen LogP contribution in [0, 0.1) is 0 Å². The minimum absolute atomic E-state index is 0.0359. The van der Waals surface area contributed by atoms with Gasteiger partial charge in [0, 0.05) is 22.5 Å². The number of benzene rings is 1. The summed E-state index contributed by atoms with van der Waals surface area (Å²) in [6.07, 6.45) is -4.60. The summed E-state index contributed by atoms with van der Waals surface area (Å²) in [6, 6.07) is 1.99. The molecule has 0 fully saturated rings. The Morgan fingerprint density at radius 1 is 1.25 bits per heavy atom. The molecule has 0 saturated heterocycles. The lowest BCUT2D eigenvalue weighted by molar-refractivity contribution is -0.137. The highest BCUT2D eigenvalue weighted by atomic mass is 79.9. The number of rotatable bonds is 3. The van der Waals surface area contributed by atoms with E-state index >= 15 is 0 Å². The van der Waals surface area contributed by atoms with Gasteiger partial charge in [-0.1, -0.05) is 15.9 Å². The summed E-state index contributed by atoms with van der Waals surface area (Å²) >= 11 is 8.22. The van der Waals surface area contributed by atoms with E-state index < -0.39 is 23.7 Å². The van der Waals surface area contributed by atoms with E-state index in [1.54, 1.807) is 0 Å². The Labute approximate surface area is 125 Å². The van der Waals surface area contributed by atoms with Gasteiger partial charge in [-0.15, -0.1) is 11.6 Å². The van der Waals surface area contributed by atoms with Crippen molar-refractivity contribution in [2.75, 3.05) is 11.2 Å². The summed E-state index contributed by atoms with van der Waals surface area (Å²) in [5, 5.41) is 4.08. The first-order valence-electron chi connectivity index (χ1n) is 5.27. The zero-order valence-corrected chi connectivity index (χ0v) is 12.2. The molecule has 0 saturated carbocycles. The summed E-state index contributed by atoms with van der Waals surface area (Å²) < 4.78 is 37.9. The van der Waals surface area contributed by atoms with Gasteiger partial charge in [-0.2, -0.15) is 13.2 Å². The van der Waals surface area contributed by atoms with Crippen molar-refractivity contribution in [2.45, 2.75) is 12.6 Å². The molecule has 110 valence electrons. The van der Waals surface area contributed by atoms with Gasteiger partial charge in [0.1, 0.15) is 0 Å². The minimum atomic E-state index is -4.54. The first-order valence-corrected chi connectivity index (χ1v) is 6.59. The molecule has 2 N–H and O–H groups in total. The molecule has 0 aliphatic rings. The third-order valence-corrected chi connectivity index (χ3v) is 2.70. The number of imide groups is 1. The number of hydrogen-bond donors (Lipinski definition) is 2. The van der Waals surface area contributed by atoms with Crippen LogP contribution in [0.2, 0.25) is 0 Å². The van der Waals surface area contributed by atoms with Crippen LogP contribution < -0.4 is 10.6 Å². The molecule has 0 heterocycles. The van der Waals surface area contributed by atoms with Crippen LogP contribution in [-0.2, 0) is 11.0 Å². The van der Waals surface area contributed by atoms with Gasteiger partial charge < -0.3 is 5.32 Å². The SMILES string of the molecule is O=C(CCCl)NC(=O)Nc1cc(Br)cc(C(F)(F)F)c1. The van der Waals surface area contributed by atoms with Crippen LogP contribution in [0.1, 0.15) is 12.0 Å². The Morgan fingerprint density at radius 2 is 1.90 bits per heavy atom. The van der Waals surface area contributed by atoms with Gasteiger partial charge in [-0.25, -0.2) is 4.79 Å². The van der Waals surface area contributed by atoms with E-state index in [-0.39, 0.29) is 22.5 Å². The Balaban J connectivity index is 2.80. The Morgan fingerprint density at radius 3 is 2.45 bits per heavy atom. The van der Waals surface area contributed by atoms with Gasteiger partial charge >= 0.3 is 12.2 Å². The Bertz CT molecular complexity index is 523. The molecule has 3 amide bonds. The van der Waals surface area contributed by atoms with Crippen LogP contribution in [0.4, 0.5) is 23.7 Å². The zero-order valence-electron chi connectivity index (χ0n) is 9.85. The van der Waals surface area contributed by atoms with Gasteiger partial charge in [0.25, 0.3) is 0 Å². The molecule has 9 heteroatoms. The normalized spacial score (nSPS) is 11.1. The topological polar surface area (TPSA) is 58.2 Å². The molecule has 0 aliphatic heterocycles. The lowest BCUT2D eigenvalue weighted by Crippen LogP contribution is -2.34. The Kier molecular flexibility index (Phi) is 5.82. The molecule has 0 bridgehead atoms. The van der Waals surface area contributed by atoms with Crippen molar-refractivity contribution in [1.82, 2.24) is 5.32 Å². The second-order valence-electron chi connectivity index (χ2n) is 3.67. The number of alkyl halides is 4. The summed E-state index contributed by atoms with van der Waals surface area (Å²) in [7, 11) is 0. The second kappa shape index (κ2) is 6.94. The highest BCUT2D eigenvalue weighted by Gasteiger charge is 2.31. The van der Waals surface area contributed by atoms with E-state index in [1.807, 2.05) is 5.32 Å².